The van der Waals surface area contributed by atoms with Gasteiger partial charge in [0.05, 0.1) is 12.3 Å². The van der Waals surface area contributed by atoms with Crippen LogP contribution in [0, 0.1) is 0 Å². The van der Waals surface area contributed by atoms with Crippen molar-refractivity contribution in [2.24, 2.45) is 0 Å². The van der Waals surface area contributed by atoms with Crippen LogP contribution in [0.3, 0.4) is 0 Å². The summed E-state index contributed by atoms with van der Waals surface area (Å²) in [5.41, 5.74) is 1.64. The van der Waals surface area contributed by atoms with Crippen molar-refractivity contribution in [3.05, 3.63) is 17.2 Å². The predicted octanol–water partition coefficient (Wildman–Crippen LogP) is 2.41. The molecule has 0 aromatic carbocycles. The van der Waals surface area contributed by atoms with E-state index >= 15 is 0 Å². The number of aliphatic hydroxyl groups is 1. The van der Waals surface area contributed by atoms with Gasteiger partial charge in [-0.05, 0) is 40.0 Å². The van der Waals surface area contributed by atoms with Gasteiger partial charge in [0.1, 0.15) is 17.5 Å². The summed E-state index contributed by atoms with van der Waals surface area (Å²) in [6.07, 6.45) is 2.60. The molecule has 6 heteroatoms. The van der Waals surface area contributed by atoms with Crippen LogP contribution in [0.15, 0.2) is 0 Å². The van der Waals surface area contributed by atoms with Gasteiger partial charge in [-0.2, -0.15) is 0 Å². The molecule has 0 radical (unpaired) electrons. The van der Waals surface area contributed by atoms with Gasteiger partial charge in [-0.1, -0.05) is 6.92 Å². The van der Waals surface area contributed by atoms with Gasteiger partial charge in [0.25, 0.3) is 0 Å². The molecule has 2 rings (SSSR count). The molecule has 6 nitrogen and oxygen atoms in total. The van der Waals surface area contributed by atoms with Crippen LogP contribution in [0.4, 0.5) is 4.79 Å². The summed E-state index contributed by atoms with van der Waals surface area (Å²) in [6, 6.07) is -0.567. The molecule has 0 aliphatic heterocycles. The highest BCUT2D eigenvalue weighted by atomic mass is 16.6. The van der Waals surface area contributed by atoms with Crippen LogP contribution in [0.25, 0.3) is 0 Å². The number of ether oxygens (including phenoxy) is 1. The van der Waals surface area contributed by atoms with Gasteiger partial charge in [-0.25, -0.2) is 9.78 Å². The molecule has 1 heterocycles. The minimum Gasteiger partial charge on any atom is -0.444 e. The Balaban J connectivity index is 2.07. The second-order valence-electron chi connectivity index (χ2n) is 6.51. The first kappa shape index (κ1) is 15.8. The summed E-state index contributed by atoms with van der Waals surface area (Å²) in [5.74, 6) is 1.08. The molecule has 0 fully saturated rings. The number of imidazole rings is 1. The summed E-state index contributed by atoms with van der Waals surface area (Å²) < 4.78 is 5.21. The summed E-state index contributed by atoms with van der Waals surface area (Å²) in [5, 5.41) is 12.2. The molecule has 0 spiro atoms. The van der Waals surface area contributed by atoms with E-state index < -0.39 is 17.7 Å². The van der Waals surface area contributed by atoms with Gasteiger partial charge in [-0.15, -0.1) is 0 Å². The Labute approximate surface area is 125 Å². The first-order valence-electron chi connectivity index (χ1n) is 7.53. The van der Waals surface area contributed by atoms with E-state index in [1.807, 2.05) is 0 Å². The van der Waals surface area contributed by atoms with Crippen molar-refractivity contribution < 1.29 is 14.6 Å². The number of aliphatic hydroxyl groups excluding tert-OH is 1. The molecule has 21 heavy (non-hydrogen) atoms. The zero-order valence-corrected chi connectivity index (χ0v) is 13.2. The summed E-state index contributed by atoms with van der Waals surface area (Å²) in [6.45, 7) is 7.33. The first-order chi connectivity index (χ1) is 9.84. The van der Waals surface area contributed by atoms with Crippen molar-refractivity contribution in [2.45, 2.75) is 64.5 Å². The number of H-pyrrole nitrogens is 1. The normalized spacial score (nSPS) is 19.2. The summed E-state index contributed by atoms with van der Waals surface area (Å²) in [4.78, 5) is 19.6. The van der Waals surface area contributed by atoms with Crippen molar-refractivity contribution in [2.75, 3.05) is 6.61 Å². The molecule has 2 atom stereocenters. The molecular weight excluding hydrogens is 270 g/mol. The smallest absolute Gasteiger partial charge is 0.408 e. The lowest BCUT2D eigenvalue weighted by Crippen LogP contribution is -2.36. The molecule has 118 valence electrons. The van der Waals surface area contributed by atoms with Crippen LogP contribution in [0.1, 0.15) is 69.7 Å². The van der Waals surface area contributed by atoms with Gasteiger partial charge >= 0.3 is 6.09 Å². The Kier molecular flexibility index (Phi) is 4.56. The number of aryl methyl sites for hydroxylation is 1. The topological polar surface area (TPSA) is 87.2 Å². The molecule has 1 aliphatic rings. The number of amides is 1. The van der Waals surface area contributed by atoms with Crippen LogP contribution in [0.2, 0.25) is 0 Å². The molecule has 3 N–H and O–H groups in total. The number of fused-ring (bicyclic) bond motifs is 1. The highest BCUT2D eigenvalue weighted by Gasteiger charge is 2.28. The van der Waals surface area contributed by atoms with Gasteiger partial charge in [0, 0.05) is 11.6 Å². The quantitative estimate of drug-likeness (QED) is 0.796. The van der Waals surface area contributed by atoms with Crippen LogP contribution in [0.5, 0.6) is 0 Å². The van der Waals surface area contributed by atoms with Crippen molar-refractivity contribution in [3.63, 3.8) is 0 Å². The van der Waals surface area contributed by atoms with Crippen molar-refractivity contribution in [1.29, 1.82) is 0 Å². The number of nitrogens with zero attached hydrogens (tertiary/aromatic N) is 1. The molecular formula is C15H25N3O3. The second kappa shape index (κ2) is 6.05. The zero-order valence-electron chi connectivity index (χ0n) is 13.2. The van der Waals surface area contributed by atoms with E-state index in [2.05, 4.69) is 22.2 Å². The van der Waals surface area contributed by atoms with E-state index in [0.717, 1.165) is 30.7 Å². The van der Waals surface area contributed by atoms with Crippen molar-refractivity contribution >= 4 is 6.09 Å². The summed E-state index contributed by atoms with van der Waals surface area (Å²) in [7, 11) is 0. The molecule has 1 aromatic heterocycles. The lowest BCUT2D eigenvalue weighted by Gasteiger charge is -2.22. The zero-order chi connectivity index (χ0) is 15.6. The maximum Gasteiger partial charge on any atom is 0.408 e. The van der Waals surface area contributed by atoms with E-state index in [1.165, 1.54) is 0 Å². The number of hydrogen-bond donors (Lipinski definition) is 3. The molecule has 1 aromatic rings. The molecule has 1 aliphatic carbocycles. The van der Waals surface area contributed by atoms with E-state index in [1.54, 1.807) is 20.8 Å². The number of nitrogens with one attached hydrogen (secondary N) is 2. The molecule has 1 amide bonds. The monoisotopic (exact) mass is 295 g/mol. The fraction of sp³-hybridized carbons (Fsp3) is 0.733. The van der Waals surface area contributed by atoms with E-state index in [0.29, 0.717) is 11.7 Å². The molecule has 0 saturated heterocycles. The molecule has 0 saturated carbocycles. The fourth-order valence-electron chi connectivity index (χ4n) is 2.64. The standard InChI is InChI=1S/C15H25N3O3/c1-5-9-6-7-10-12(9)18-13(16-10)11(8-19)17-14(20)21-15(2,3)4/h9,11,19H,5-8H2,1-4H3,(H,16,18)(H,17,20). The van der Waals surface area contributed by atoms with E-state index in [4.69, 9.17) is 4.74 Å². The first-order valence-corrected chi connectivity index (χ1v) is 7.53. The minimum absolute atomic E-state index is 0.220. The van der Waals surface area contributed by atoms with Crippen LogP contribution < -0.4 is 5.32 Å². The van der Waals surface area contributed by atoms with Crippen LogP contribution in [-0.4, -0.2) is 33.4 Å². The largest absolute Gasteiger partial charge is 0.444 e. The Bertz CT molecular complexity index is 505. The number of rotatable bonds is 4. The molecule has 2 unspecified atom stereocenters. The average Bonchev–Trinajstić information content (AvgIpc) is 2.93. The number of carbonyl (C=O) groups is 1. The van der Waals surface area contributed by atoms with Crippen LogP contribution in [-0.2, 0) is 11.2 Å². The van der Waals surface area contributed by atoms with Gasteiger partial charge in [0.15, 0.2) is 0 Å². The van der Waals surface area contributed by atoms with E-state index in [9.17, 15) is 9.90 Å². The third-order valence-corrected chi connectivity index (χ3v) is 3.65. The SMILES string of the molecule is CCC1CCc2[nH]c(C(CO)NC(=O)OC(C)(C)C)nc21. The average molecular weight is 295 g/mol. The number of aromatic nitrogens is 2. The second-order valence-corrected chi connectivity index (χ2v) is 6.51. The van der Waals surface area contributed by atoms with E-state index in [-0.39, 0.29) is 6.61 Å². The lowest BCUT2D eigenvalue weighted by atomic mass is 10.1. The fourth-order valence-corrected chi connectivity index (χ4v) is 2.64. The Morgan fingerprint density at radius 2 is 2.29 bits per heavy atom. The lowest BCUT2D eigenvalue weighted by molar-refractivity contribution is 0.0478. The number of carbonyl (C=O) groups excluding carboxylic acids is 1. The Morgan fingerprint density at radius 3 is 2.86 bits per heavy atom. The highest BCUT2D eigenvalue weighted by Crippen LogP contribution is 2.34. The van der Waals surface area contributed by atoms with Gasteiger partial charge < -0.3 is 20.1 Å². The maximum absolute atomic E-state index is 11.8. The van der Waals surface area contributed by atoms with Gasteiger partial charge in [-0.3, -0.25) is 0 Å². The highest BCUT2D eigenvalue weighted by molar-refractivity contribution is 5.68. The minimum atomic E-state index is -0.567. The number of aromatic amines is 1. The predicted molar refractivity (Wildman–Crippen MR) is 79.1 cm³/mol. The Morgan fingerprint density at radius 1 is 1.57 bits per heavy atom. The van der Waals surface area contributed by atoms with Crippen molar-refractivity contribution in [3.8, 4) is 0 Å². The van der Waals surface area contributed by atoms with Crippen molar-refractivity contribution in [1.82, 2.24) is 15.3 Å². The van der Waals surface area contributed by atoms with Gasteiger partial charge in [0.2, 0.25) is 0 Å². The molecule has 0 bridgehead atoms. The number of alkyl carbamates (subject to hydrolysis) is 1. The Hall–Kier alpha value is -1.56. The van der Waals surface area contributed by atoms with Crippen LogP contribution >= 0.6 is 0 Å². The number of hydrogen-bond acceptors (Lipinski definition) is 4. The third-order valence-electron chi connectivity index (χ3n) is 3.65. The third kappa shape index (κ3) is 3.75. The summed E-state index contributed by atoms with van der Waals surface area (Å²) >= 11 is 0. The maximum atomic E-state index is 11.8.